The normalized spacial score (nSPS) is 12.2. The van der Waals surface area contributed by atoms with Gasteiger partial charge in [-0.1, -0.05) is 78.9 Å². The maximum absolute atomic E-state index is 4.98. The van der Waals surface area contributed by atoms with Gasteiger partial charge in [-0.2, -0.15) is 0 Å². The van der Waals surface area contributed by atoms with Gasteiger partial charge >= 0.3 is 0 Å². The Hall–Kier alpha value is -5.87. The summed E-state index contributed by atoms with van der Waals surface area (Å²) in [6.07, 6.45) is 4.04. The molecule has 6 aromatic carbocycles. The van der Waals surface area contributed by atoms with Gasteiger partial charge in [-0.3, -0.25) is 4.40 Å². The molecule has 4 heterocycles. The number of hydrogen-bond acceptors (Lipinski definition) is 1. The highest BCUT2D eigenvalue weighted by Gasteiger charge is 2.22. The van der Waals surface area contributed by atoms with Gasteiger partial charge in [0.1, 0.15) is 5.65 Å². The lowest BCUT2D eigenvalue weighted by atomic mass is 9.97. The molecule has 10 rings (SSSR count). The summed E-state index contributed by atoms with van der Waals surface area (Å²) in [5, 5.41) is 8.64. The van der Waals surface area contributed by atoms with E-state index >= 15 is 0 Å². The van der Waals surface area contributed by atoms with Gasteiger partial charge < -0.3 is 9.13 Å². The standard InChI is InChI=1S/C39H24N4/c1-3-11-25(12-4-1)42-31-18-10-8-16-28(31)36-33(42)20-19-29-37-32(41-24-23-40-39(41)38(29)36)21-22-34-35(37)27-15-7-9-17-30(27)43(34)26-13-5-2-6-14-26/h1-24H. The minimum Gasteiger partial charge on any atom is -0.309 e. The Balaban J connectivity index is 1.48. The van der Waals surface area contributed by atoms with Crippen molar-refractivity contribution in [2.75, 3.05) is 0 Å². The van der Waals surface area contributed by atoms with Gasteiger partial charge in [0, 0.05) is 56.1 Å². The van der Waals surface area contributed by atoms with Gasteiger partial charge in [-0.15, -0.1) is 0 Å². The molecule has 4 nitrogen and oxygen atoms in total. The van der Waals surface area contributed by atoms with Crippen LogP contribution in [0.2, 0.25) is 0 Å². The molecule has 43 heavy (non-hydrogen) atoms. The number of rotatable bonds is 2. The summed E-state index contributed by atoms with van der Waals surface area (Å²) in [7, 11) is 0. The molecule has 10 aromatic rings. The van der Waals surface area contributed by atoms with Gasteiger partial charge in [-0.25, -0.2) is 4.98 Å². The van der Waals surface area contributed by atoms with E-state index in [0.717, 1.165) is 22.5 Å². The van der Waals surface area contributed by atoms with Gasteiger partial charge in [0.05, 0.1) is 27.6 Å². The molecule has 200 valence electrons. The summed E-state index contributed by atoms with van der Waals surface area (Å²) in [6.45, 7) is 0. The summed E-state index contributed by atoms with van der Waals surface area (Å²) in [5.41, 5.74) is 9.24. The van der Waals surface area contributed by atoms with Crippen molar-refractivity contribution in [2.45, 2.75) is 0 Å². The molecule has 0 aliphatic heterocycles. The second-order valence-electron chi connectivity index (χ2n) is 11.2. The average molecular weight is 549 g/mol. The van der Waals surface area contributed by atoms with Crippen LogP contribution < -0.4 is 0 Å². The maximum Gasteiger partial charge on any atom is 0.145 e. The number of aromatic nitrogens is 4. The molecule has 4 heteroatoms. The third-order valence-corrected chi connectivity index (χ3v) is 9.08. The van der Waals surface area contributed by atoms with Crippen LogP contribution in [0.1, 0.15) is 0 Å². The Morgan fingerprint density at radius 1 is 0.372 bits per heavy atom. The number of nitrogens with zero attached hydrogens (tertiary/aromatic N) is 4. The average Bonchev–Trinajstić information content (AvgIpc) is 3.78. The molecule has 0 unspecified atom stereocenters. The van der Waals surface area contributed by atoms with Crippen molar-refractivity contribution in [1.29, 1.82) is 0 Å². The fraction of sp³-hybridized carbons (Fsp3) is 0. The highest BCUT2D eigenvalue weighted by atomic mass is 15.0. The molecule has 0 atom stereocenters. The van der Waals surface area contributed by atoms with E-state index in [-0.39, 0.29) is 0 Å². The Morgan fingerprint density at radius 3 is 1.49 bits per heavy atom. The minimum absolute atomic E-state index is 0.982. The largest absolute Gasteiger partial charge is 0.309 e. The molecule has 4 aromatic heterocycles. The van der Waals surface area contributed by atoms with Crippen molar-refractivity contribution in [2.24, 2.45) is 0 Å². The first-order chi connectivity index (χ1) is 21.4. The molecule has 0 aliphatic rings. The zero-order valence-corrected chi connectivity index (χ0v) is 23.1. The molecule has 0 aliphatic carbocycles. The minimum atomic E-state index is 0.982. The first-order valence-electron chi connectivity index (χ1n) is 14.7. The lowest BCUT2D eigenvalue weighted by Crippen LogP contribution is -1.95. The van der Waals surface area contributed by atoms with E-state index in [4.69, 9.17) is 4.98 Å². The van der Waals surface area contributed by atoms with E-state index < -0.39 is 0 Å². The first kappa shape index (κ1) is 22.8. The fourth-order valence-corrected chi connectivity index (χ4v) is 7.42. The first-order valence-corrected chi connectivity index (χ1v) is 14.7. The van der Waals surface area contributed by atoms with Crippen molar-refractivity contribution < 1.29 is 0 Å². The molecule has 0 saturated heterocycles. The van der Waals surface area contributed by atoms with Crippen LogP contribution in [-0.2, 0) is 0 Å². The topological polar surface area (TPSA) is 27.2 Å². The molecule has 0 fully saturated rings. The Morgan fingerprint density at radius 2 is 0.860 bits per heavy atom. The second kappa shape index (κ2) is 8.34. The highest BCUT2D eigenvalue weighted by Crippen LogP contribution is 2.44. The van der Waals surface area contributed by atoms with Crippen LogP contribution in [0.4, 0.5) is 0 Å². The molecule has 0 amide bonds. The number of pyridine rings is 1. The number of hydrogen-bond donors (Lipinski definition) is 0. The second-order valence-corrected chi connectivity index (χ2v) is 11.2. The zero-order valence-electron chi connectivity index (χ0n) is 23.1. The number of para-hydroxylation sites is 4. The fourth-order valence-electron chi connectivity index (χ4n) is 7.42. The van der Waals surface area contributed by atoms with E-state index in [1.807, 2.05) is 6.20 Å². The lowest BCUT2D eigenvalue weighted by Gasteiger charge is -2.13. The lowest BCUT2D eigenvalue weighted by molar-refractivity contribution is 1.18. The van der Waals surface area contributed by atoms with Crippen LogP contribution in [0.25, 0.3) is 82.3 Å². The third kappa shape index (κ3) is 2.92. The molecule has 0 bridgehead atoms. The van der Waals surface area contributed by atoms with Crippen molar-refractivity contribution >= 4 is 70.9 Å². The number of benzene rings is 6. The Bertz CT molecular complexity index is 2710. The Kier molecular flexibility index (Phi) is 4.42. The summed E-state index contributed by atoms with van der Waals surface area (Å²) in [4.78, 5) is 4.98. The summed E-state index contributed by atoms with van der Waals surface area (Å²) in [6, 6.07) is 48.0. The van der Waals surface area contributed by atoms with Crippen molar-refractivity contribution in [3.8, 4) is 11.4 Å². The van der Waals surface area contributed by atoms with E-state index in [2.05, 4.69) is 153 Å². The van der Waals surface area contributed by atoms with Crippen molar-refractivity contribution in [1.82, 2.24) is 18.5 Å². The van der Waals surface area contributed by atoms with E-state index in [1.54, 1.807) is 0 Å². The highest BCUT2D eigenvalue weighted by molar-refractivity contribution is 6.34. The van der Waals surface area contributed by atoms with Gasteiger partial charge in [0.25, 0.3) is 0 Å². The number of imidazole rings is 1. The molecular weight excluding hydrogens is 524 g/mol. The SMILES string of the molecule is c1ccc(-n2c3ccccc3c3c4c5ccc6c(c7ccccc7n6-c6ccccc6)c5c5nccn5c4ccc32)cc1. The summed E-state index contributed by atoms with van der Waals surface area (Å²) >= 11 is 0. The molecule has 0 N–H and O–H groups in total. The zero-order chi connectivity index (χ0) is 28.1. The molecule has 0 saturated carbocycles. The van der Waals surface area contributed by atoms with E-state index in [9.17, 15) is 0 Å². The van der Waals surface area contributed by atoms with Gasteiger partial charge in [0.2, 0.25) is 0 Å². The Labute approximate surface area is 246 Å². The predicted molar refractivity (Wildman–Crippen MR) is 179 cm³/mol. The third-order valence-electron chi connectivity index (χ3n) is 9.08. The van der Waals surface area contributed by atoms with Crippen LogP contribution in [-0.4, -0.2) is 18.5 Å². The van der Waals surface area contributed by atoms with Crippen LogP contribution in [0.3, 0.4) is 0 Å². The summed E-state index contributed by atoms with van der Waals surface area (Å²) in [5.74, 6) is 0. The summed E-state index contributed by atoms with van der Waals surface area (Å²) < 4.78 is 7.06. The smallest absolute Gasteiger partial charge is 0.145 e. The van der Waals surface area contributed by atoms with Gasteiger partial charge in [0.15, 0.2) is 0 Å². The quantitative estimate of drug-likeness (QED) is 0.198. The van der Waals surface area contributed by atoms with Crippen LogP contribution in [0.15, 0.2) is 146 Å². The van der Waals surface area contributed by atoms with Crippen LogP contribution >= 0.6 is 0 Å². The van der Waals surface area contributed by atoms with E-state index in [1.165, 1.54) is 59.8 Å². The number of fused-ring (bicyclic) bond motifs is 14. The van der Waals surface area contributed by atoms with Crippen molar-refractivity contribution in [3.63, 3.8) is 0 Å². The van der Waals surface area contributed by atoms with Crippen molar-refractivity contribution in [3.05, 3.63) is 146 Å². The van der Waals surface area contributed by atoms with E-state index in [0.29, 0.717) is 0 Å². The van der Waals surface area contributed by atoms with Crippen LogP contribution in [0.5, 0.6) is 0 Å². The molecular formula is C39H24N4. The molecule has 0 spiro atoms. The van der Waals surface area contributed by atoms with Crippen LogP contribution in [0, 0.1) is 0 Å². The predicted octanol–water partition coefficient (Wildman–Crippen LogP) is 9.83. The monoisotopic (exact) mass is 548 g/mol. The maximum atomic E-state index is 4.98. The van der Waals surface area contributed by atoms with Gasteiger partial charge in [-0.05, 0) is 60.0 Å². The molecule has 0 radical (unpaired) electrons.